The van der Waals surface area contributed by atoms with Gasteiger partial charge in [0.25, 0.3) is 0 Å². The Bertz CT molecular complexity index is 401. The van der Waals surface area contributed by atoms with Crippen LogP contribution in [-0.4, -0.2) is 30.8 Å². The van der Waals surface area contributed by atoms with Gasteiger partial charge in [0.1, 0.15) is 6.04 Å². The lowest BCUT2D eigenvalue weighted by Gasteiger charge is -2.16. The number of hydrogen-bond acceptors (Lipinski definition) is 3. The van der Waals surface area contributed by atoms with E-state index < -0.39 is 12.0 Å². The van der Waals surface area contributed by atoms with Crippen LogP contribution < -0.4 is 5.32 Å². The lowest BCUT2D eigenvalue weighted by molar-refractivity contribution is -0.139. The van der Waals surface area contributed by atoms with Crippen LogP contribution in [0.15, 0.2) is 24.3 Å². The van der Waals surface area contributed by atoms with Gasteiger partial charge in [0.05, 0.1) is 0 Å². The Morgan fingerprint density at radius 3 is 2.35 bits per heavy atom. The zero-order valence-electron chi connectivity index (χ0n) is 12.6. The molecule has 4 heteroatoms. The lowest BCUT2D eigenvalue weighted by atomic mass is 9.99. The lowest BCUT2D eigenvalue weighted by Crippen LogP contribution is -2.29. The summed E-state index contributed by atoms with van der Waals surface area (Å²) in [7, 11) is 0. The fourth-order valence-electron chi connectivity index (χ4n) is 1.99. The average molecular weight is 279 g/mol. The van der Waals surface area contributed by atoms with Gasteiger partial charge in [-0.2, -0.15) is 0 Å². The highest BCUT2D eigenvalue weighted by Gasteiger charge is 2.18. The summed E-state index contributed by atoms with van der Waals surface area (Å²) in [6.45, 7) is 8.17. The molecule has 0 saturated heterocycles. The Morgan fingerprint density at radius 2 is 1.85 bits per heavy atom. The summed E-state index contributed by atoms with van der Waals surface area (Å²) < 4.78 is 5.24. The molecular weight excluding hydrogens is 254 g/mol. The van der Waals surface area contributed by atoms with Crippen molar-refractivity contribution in [3.63, 3.8) is 0 Å². The van der Waals surface area contributed by atoms with Crippen LogP contribution in [0.5, 0.6) is 0 Å². The second-order valence-electron chi connectivity index (χ2n) is 5.10. The number of carboxylic acid groups (broad SMARTS) is 1. The quantitative estimate of drug-likeness (QED) is 0.682. The van der Waals surface area contributed by atoms with Crippen molar-refractivity contribution in [2.45, 2.75) is 39.2 Å². The third-order valence-electron chi connectivity index (χ3n) is 3.20. The predicted molar refractivity (Wildman–Crippen MR) is 80.0 cm³/mol. The molecule has 2 N–H and O–H groups in total. The molecule has 1 aromatic rings. The molecular formula is C16H25NO3. The second kappa shape index (κ2) is 8.72. The summed E-state index contributed by atoms with van der Waals surface area (Å²) in [5, 5.41) is 12.4. The number of ether oxygens (including phenoxy) is 1. The molecule has 0 amide bonds. The van der Waals surface area contributed by atoms with E-state index in [1.54, 1.807) is 0 Å². The van der Waals surface area contributed by atoms with Gasteiger partial charge in [0.15, 0.2) is 0 Å². The van der Waals surface area contributed by atoms with Crippen molar-refractivity contribution < 1.29 is 14.6 Å². The zero-order chi connectivity index (χ0) is 15.0. The van der Waals surface area contributed by atoms with E-state index in [1.165, 1.54) is 5.56 Å². The van der Waals surface area contributed by atoms with Gasteiger partial charge in [-0.15, -0.1) is 0 Å². The second-order valence-corrected chi connectivity index (χ2v) is 5.10. The molecule has 0 aromatic heterocycles. The maximum atomic E-state index is 11.3. The molecule has 0 spiro atoms. The molecule has 112 valence electrons. The van der Waals surface area contributed by atoms with Crippen molar-refractivity contribution in [3.05, 3.63) is 35.4 Å². The minimum absolute atomic E-state index is 0.450. The van der Waals surface area contributed by atoms with Gasteiger partial charge in [-0.3, -0.25) is 4.79 Å². The topological polar surface area (TPSA) is 58.6 Å². The largest absolute Gasteiger partial charge is 0.480 e. The van der Waals surface area contributed by atoms with Crippen LogP contribution in [-0.2, 0) is 9.53 Å². The van der Waals surface area contributed by atoms with Crippen LogP contribution in [0, 0.1) is 0 Å². The molecule has 0 fully saturated rings. The van der Waals surface area contributed by atoms with Crippen LogP contribution in [0.4, 0.5) is 0 Å². The van der Waals surface area contributed by atoms with Crippen LogP contribution in [0.2, 0.25) is 0 Å². The van der Waals surface area contributed by atoms with E-state index >= 15 is 0 Å². The van der Waals surface area contributed by atoms with Gasteiger partial charge in [0.2, 0.25) is 0 Å². The number of nitrogens with one attached hydrogen (secondary N) is 1. The molecule has 0 aliphatic carbocycles. The minimum Gasteiger partial charge on any atom is -0.480 e. The zero-order valence-corrected chi connectivity index (χ0v) is 12.6. The highest BCUT2D eigenvalue weighted by Crippen LogP contribution is 2.19. The third kappa shape index (κ3) is 5.31. The standard InChI is InChI=1S/C16H25NO3/c1-4-20-11-5-10-17-15(16(18)19)14-8-6-13(7-9-14)12(2)3/h6-9,12,15,17H,4-5,10-11H2,1-3H3,(H,18,19). The van der Waals surface area contributed by atoms with Crippen LogP contribution in [0.25, 0.3) is 0 Å². The summed E-state index contributed by atoms with van der Waals surface area (Å²) in [5.41, 5.74) is 2.01. The Hall–Kier alpha value is -1.39. The number of rotatable bonds is 9. The molecule has 0 aliphatic rings. The van der Waals surface area contributed by atoms with Gasteiger partial charge in [-0.05, 0) is 36.9 Å². The predicted octanol–water partition coefficient (Wildman–Crippen LogP) is 2.95. The summed E-state index contributed by atoms with van der Waals surface area (Å²) in [6, 6.07) is 7.13. The number of hydrogen-bond donors (Lipinski definition) is 2. The SMILES string of the molecule is CCOCCCNC(C(=O)O)c1ccc(C(C)C)cc1. The van der Waals surface area contributed by atoms with E-state index in [0.717, 1.165) is 12.0 Å². The Morgan fingerprint density at radius 1 is 1.25 bits per heavy atom. The molecule has 0 saturated carbocycles. The van der Waals surface area contributed by atoms with Crippen LogP contribution in [0.3, 0.4) is 0 Å². The molecule has 0 bridgehead atoms. The maximum absolute atomic E-state index is 11.3. The van der Waals surface area contributed by atoms with E-state index in [-0.39, 0.29) is 0 Å². The van der Waals surface area contributed by atoms with Crippen molar-refractivity contribution >= 4 is 5.97 Å². The van der Waals surface area contributed by atoms with Gasteiger partial charge in [-0.25, -0.2) is 0 Å². The maximum Gasteiger partial charge on any atom is 0.325 e. The van der Waals surface area contributed by atoms with E-state index in [0.29, 0.717) is 25.7 Å². The van der Waals surface area contributed by atoms with Gasteiger partial charge < -0.3 is 15.2 Å². The molecule has 0 aliphatic heterocycles. The molecule has 1 unspecified atom stereocenters. The van der Waals surface area contributed by atoms with Crippen molar-refractivity contribution in [2.24, 2.45) is 0 Å². The third-order valence-corrected chi connectivity index (χ3v) is 3.20. The monoisotopic (exact) mass is 279 g/mol. The molecule has 1 rings (SSSR count). The smallest absolute Gasteiger partial charge is 0.325 e. The van der Waals surface area contributed by atoms with E-state index in [1.807, 2.05) is 31.2 Å². The molecule has 20 heavy (non-hydrogen) atoms. The fraction of sp³-hybridized carbons (Fsp3) is 0.562. The summed E-state index contributed by atoms with van der Waals surface area (Å²) in [5.74, 6) is -0.398. The van der Waals surface area contributed by atoms with Crippen molar-refractivity contribution in [3.8, 4) is 0 Å². The summed E-state index contributed by atoms with van der Waals surface area (Å²) in [4.78, 5) is 11.3. The number of carbonyl (C=O) groups is 1. The average Bonchev–Trinajstić information content (AvgIpc) is 2.42. The minimum atomic E-state index is -0.848. The first kappa shape index (κ1) is 16.7. The van der Waals surface area contributed by atoms with Crippen LogP contribution in [0.1, 0.15) is 50.3 Å². The Balaban J connectivity index is 2.59. The molecule has 0 heterocycles. The molecule has 0 radical (unpaired) electrons. The molecule has 1 atom stereocenters. The van der Waals surface area contributed by atoms with Gasteiger partial charge in [0, 0.05) is 13.2 Å². The first-order chi connectivity index (χ1) is 9.56. The number of benzene rings is 1. The Kier molecular flexibility index (Phi) is 7.26. The fourth-order valence-corrected chi connectivity index (χ4v) is 1.99. The van der Waals surface area contributed by atoms with E-state index in [9.17, 15) is 9.90 Å². The van der Waals surface area contributed by atoms with Crippen molar-refractivity contribution in [2.75, 3.05) is 19.8 Å². The highest BCUT2D eigenvalue weighted by atomic mass is 16.5. The van der Waals surface area contributed by atoms with E-state index in [4.69, 9.17) is 4.74 Å². The Labute approximate surface area is 121 Å². The summed E-state index contributed by atoms with van der Waals surface area (Å²) in [6.07, 6.45) is 0.807. The number of carboxylic acids is 1. The van der Waals surface area contributed by atoms with Gasteiger partial charge >= 0.3 is 5.97 Å². The summed E-state index contributed by atoms with van der Waals surface area (Å²) >= 11 is 0. The first-order valence-electron chi connectivity index (χ1n) is 7.20. The van der Waals surface area contributed by atoms with Crippen molar-refractivity contribution in [1.82, 2.24) is 5.32 Å². The van der Waals surface area contributed by atoms with E-state index in [2.05, 4.69) is 19.2 Å². The highest BCUT2D eigenvalue weighted by molar-refractivity contribution is 5.75. The van der Waals surface area contributed by atoms with Gasteiger partial charge in [-0.1, -0.05) is 38.1 Å². The normalized spacial score (nSPS) is 12.6. The van der Waals surface area contributed by atoms with Crippen molar-refractivity contribution in [1.29, 1.82) is 0 Å². The number of aliphatic carboxylic acids is 1. The first-order valence-corrected chi connectivity index (χ1v) is 7.20. The molecule has 1 aromatic carbocycles. The van der Waals surface area contributed by atoms with Crippen LogP contribution >= 0.6 is 0 Å². The molecule has 4 nitrogen and oxygen atoms in total.